The van der Waals surface area contributed by atoms with Crippen LogP contribution in [-0.4, -0.2) is 28.3 Å². The maximum Gasteiger partial charge on any atom is 0.261 e. The number of aromatic nitrogens is 3. The molecule has 0 aliphatic carbocycles. The summed E-state index contributed by atoms with van der Waals surface area (Å²) in [5.41, 5.74) is 2.06. The summed E-state index contributed by atoms with van der Waals surface area (Å²) in [4.78, 5) is 8.73. The largest absolute Gasteiger partial charge is 0.493 e. The minimum atomic E-state index is 0.384. The van der Waals surface area contributed by atoms with Gasteiger partial charge in [0, 0.05) is 18.7 Å². The first-order valence-corrected chi connectivity index (χ1v) is 8.02. The minimum Gasteiger partial charge on any atom is -0.493 e. The van der Waals surface area contributed by atoms with Crippen molar-refractivity contribution in [2.75, 3.05) is 18.5 Å². The highest BCUT2D eigenvalue weighted by molar-refractivity contribution is 5.68. The third kappa shape index (κ3) is 2.82. The van der Waals surface area contributed by atoms with Gasteiger partial charge >= 0.3 is 0 Å². The van der Waals surface area contributed by atoms with Crippen molar-refractivity contribution in [3.8, 4) is 17.2 Å². The van der Waals surface area contributed by atoms with Crippen LogP contribution >= 0.6 is 0 Å². The van der Waals surface area contributed by atoms with E-state index in [0.29, 0.717) is 17.6 Å². The lowest BCUT2D eigenvalue weighted by Gasteiger charge is -2.26. The molecule has 0 saturated carbocycles. The average Bonchev–Trinajstić information content (AvgIpc) is 3.06. The Labute approximate surface area is 139 Å². The van der Waals surface area contributed by atoms with E-state index in [4.69, 9.17) is 9.26 Å². The van der Waals surface area contributed by atoms with Crippen molar-refractivity contribution in [1.29, 1.82) is 0 Å². The lowest BCUT2D eigenvalue weighted by Crippen LogP contribution is -2.21. The molecule has 4 rings (SSSR count). The summed E-state index contributed by atoms with van der Waals surface area (Å²) in [6.45, 7) is 3.31. The van der Waals surface area contributed by atoms with Crippen LogP contribution in [0, 0.1) is 6.92 Å². The van der Waals surface area contributed by atoms with E-state index >= 15 is 0 Å². The van der Waals surface area contributed by atoms with Crippen molar-refractivity contribution in [2.45, 2.75) is 19.3 Å². The predicted octanol–water partition coefficient (Wildman–Crippen LogP) is 3.42. The number of anilines is 1. The van der Waals surface area contributed by atoms with E-state index in [2.05, 4.69) is 26.5 Å². The fourth-order valence-electron chi connectivity index (χ4n) is 2.97. The van der Waals surface area contributed by atoms with E-state index in [1.807, 2.05) is 30.3 Å². The smallest absolute Gasteiger partial charge is 0.261 e. The Balaban J connectivity index is 1.55. The first-order valence-electron chi connectivity index (χ1n) is 8.02. The molecule has 1 N–H and O–H groups in total. The molecule has 1 aromatic carbocycles. The van der Waals surface area contributed by atoms with Gasteiger partial charge in [0.15, 0.2) is 5.82 Å². The van der Waals surface area contributed by atoms with E-state index in [9.17, 15) is 0 Å². The molecule has 0 amide bonds. The molecule has 0 saturated heterocycles. The molecular formula is C18H18N4O2. The first-order chi connectivity index (χ1) is 11.8. The molecule has 1 atom stereocenters. The SMILES string of the molecule is Cc1noc(-c2cccnc2NCC2CCOc3ccccc32)n1. The second-order valence-electron chi connectivity index (χ2n) is 5.80. The molecule has 6 nitrogen and oxygen atoms in total. The molecule has 1 unspecified atom stereocenters. The molecule has 24 heavy (non-hydrogen) atoms. The molecule has 0 fully saturated rings. The van der Waals surface area contributed by atoms with E-state index in [-0.39, 0.29) is 0 Å². The van der Waals surface area contributed by atoms with Crippen LogP contribution in [0.2, 0.25) is 0 Å². The Bertz CT molecular complexity index is 846. The third-order valence-corrected chi connectivity index (χ3v) is 4.16. The van der Waals surface area contributed by atoms with Crippen molar-refractivity contribution >= 4 is 5.82 Å². The molecular weight excluding hydrogens is 304 g/mol. The van der Waals surface area contributed by atoms with Gasteiger partial charge < -0.3 is 14.6 Å². The summed E-state index contributed by atoms with van der Waals surface area (Å²) in [5, 5.41) is 7.29. The zero-order valence-electron chi connectivity index (χ0n) is 13.4. The molecule has 2 aromatic heterocycles. The van der Waals surface area contributed by atoms with Gasteiger partial charge in [0.1, 0.15) is 11.6 Å². The lowest BCUT2D eigenvalue weighted by molar-refractivity contribution is 0.270. The van der Waals surface area contributed by atoms with Crippen molar-refractivity contribution in [3.63, 3.8) is 0 Å². The van der Waals surface area contributed by atoms with Gasteiger partial charge in [-0.1, -0.05) is 23.4 Å². The summed E-state index contributed by atoms with van der Waals surface area (Å²) in [6, 6.07) is 12.0. The topological polar surface area (TPSA) is 73.1 Å². The highest BCUT2D eigenvalue weighted by Gasteiger charge is 2.21. The third-order valence-electron chi connectivity index (χ3n) is 4.16. The number of nitrogens with one attached hydrogen (secondary N) is 1. The zero-order chi connectivity index (χ0) is 16.4. The number of benzene rings is 1. The number of hydrogen-bond acceptors (Lipinski definition) is 6. The predicted molar refractivity (Wildman–Crippen MR) is 90.1 cm³/mol. The number of nitrogens with zero attached hydrogens (tertiary/aromatic N) is 3. The van der Waals surface area contributed by atoms with Crippen LogP contribution in [0.4, 0.5) is 5.82 Å². The van der Waals surface area contributed by atoms with Gasteiger partial charge in [0.05, 0.1) is 12.2 Å². The van der Waals surface area contributed by atoms with Crippen LogP contribution in [0.15, 0.2) is 47.1 Å². The molecule has 1 aliphatic rings. The molecule has 6 heteroatoms. The van der Waals surface area contributed by atoms with Crippen LogP contribution in [0.25, 0.3) is 11.5 Å². The van der Waals surface area contributed by atoms with Gasteiger partial charge in [0.2, 0.25) is 0 Å². The molecule has 0 spiro atoms. The number of pyridine rings is 1. The zero-order valence-corrected chi connectivity index (χ0v) is 13.4. The highest BCUT2D eigenvalue weighted by Crippen LogP contribution is 2.34. The first kappa shape index (κ1) is 14.7. The van der Waals surface area contributed by atoms with Gasteiger partial charge in [-0.05, 0) is 37.1 Å². The summed E-state index contributed by atoms with van der Waals surface area (Å²) < 4.78 is 11.0. The number of para-hydroxylation sites is 1. The lowest BCUT2D eigenvalue weighted by atomic mass is 9.93. The molecule has 3 aromatic rings. The van der Waals surface area contributed by atoms with Crippen LogP contribution in [0.1, 0.15) is 23.7 Å². The van der Waals surface area contributed by atoms with Crippen molar-refractivity contribution in [1.82, 2.24) is 15.1 Å². The molecule has 0 radical (unpaired) electrons. The van der Waals surface area contributed by atoms with E-state index in [1.165, 1.54) is 5.56 Å². The maximum absolute atomic E-state index is 5.72. The number of ether oxygens (including phenoxy) is 1. The van der Waals surface area contributed by atoms with Gasteiger partial charge in [-0.3, -0.25) is 0 Å². The van der Waals surface area contributed by atoms with Crippen LogP contribution < -0.4 is 10.1 Å². The van der Waals surface area contributed by atoms with Crippen LogP contribution in [0.5, 0.6) is 5.75 Å². The highest BCUT2D eigenvalue weighted by atomic mass is 16.5. The fraction of sp³-hybridized carbons (Fsp3) is 0.278. The van der Waals surface area contributed by atoms with Crippen molar-refractivity contribution in [2.24, 2.45) is 0 Å². The quantitative estimate of drug-likeness (QED) is 0.793. The Morgan fingerprint density at radius 2 is 2.12 bits per heavy atom. The van der Waals surface area contributed by atoms with Crippen LogP contribution in [0.3, 0.4) is 0 Å². The minimum absolute atomic E-state index is 0.384. The molecule has 0 bridgehead atoms. The second-order valence-corrected chi connectivity index (χ2v) is 5.80. The standard InChI is InChI=1S/C18H18N4O2/c1-12-21-18(24-22-12)15-6-4-9-19-17(15)20-11-13-8-10-23-16-7-3-2-5-14(13)16/h2-7,9,13H,8,10-11H2,1H3,(H,19,20). The summed E-state index contributed by atoms with van der Waals surface area (Å²) in [7, 11) is 0. The average molecular weight is 322 g/mol. The number of hydrogen-bond donors (Lipinski definition) is 1. The second kappa shape index (κ2) is 6.31. The van der Waals surface area contributed by atoms with E-state index in [0.717, 1.165) is 36.7 Å². The Kier molecular flexibility index (Phi) is 3.86. The molecule has 3 heterocycles. The number of rotatable bonds is 4. The van der Waals surface area contributed by atoms with E-state index in [1.54, 1.807) is 13.1 Å². The molecule has 122 valence electrons. The van der Waals surface area contributed by atoms with Gasteiger partial charge in [-0.2, -0.15) is 4.98 Å². The summed E-state index contributed by atoms with van der Waals surface area (Å²) in [6.07, 6.45) is 2.73. The maximum atomic E-state index is 5.72. The summed E-state index contributed by atoms with van der Waals surface area (Å²) >= 11 is 0. The van der Waals surface area contributed by atoms with Gasteiger partial charge in [-0.15, -0.1) is 0 Å². The Hall–Kier alpha value is -2.89. The monoisotopic (exact) mass is 322 g/mol. The number of aryl methyl sites for hydroxylation is 1. The van der Waals surface area contributed by atoms with Gasteiger partial charge in [-0.25, -0.2) is 4.98 Å². The van der Waals surface area contributed by atoms with Crippen LogP contribution in [-0.2, 0) is 0 Å². The summed E-state index contributed by atoms with van der Waals surface area (Å²) in [5.74, 6) is 3.21. The fourth-order valence-corrected chi connectivity index (χ4v) is 2.97. The Morgan fingerprint density at radius 1 is 1.21 bits per heavy atom. The molecule has 1 aliphatic heterocycles. The van der Waals surface area contributed by atoms with Gasteiger partial charge in [0.25, 0.3) is 5.89 Å². The van der Waals surface area contributed by atoms with Crippen molar-refractivity contribution in [3.05, 3.63) is 54.0 Å². The van der Waals surface area contributed by atoms with E-state index < -0.39 is 0 Å². The number of fused-ring (bicyclic) bond motifs is 1. The normalized spacial score (nSPS) is 16.3. The van der Waals surface area contributed by atoms with Crippen molar-refractivity contribution < 1.29 is 9.26 Å². The Morgan fingerprint density at radius 3 is 3.00 bits per heavy atom.